The molecule has 0 aromatic heterocycles. The summed E-state index contributed by atoms with van der Waals surface area (Å²) in [6, 6.07) is 9.50. The lowest BCUT2D eigenvalue weighted by Gasteiger charge is -2.08. The zero-order valence-electron chi connectivity index (χ0n) is 12.2. The van der Waals surface area contributed by atoms with Gasteiger partial charge in [0.25, 0.3) is 11.6 Å². The topological polar surface area (TPSA) is 125 Å². The van der Waals surface area contributed by atoms with Crippen LogP contribution in [0.4, 0.5) is 17.1 Å². The number of non-ortho nitro benzene ring substituents is 1. The summed E-state index contributed by atoms with van der Waals surface area (Å²) in [7, 11) is 0. The molecule has 0 atom stereocenters. The third-order valence-corrected chi connectivity index (χ3v) is 3.16. The van der Waals surface area contributed by atoms with Crippen LogP contribution in [-0.4, -0.2) is 23.4 Å². The summed E-state index contributed by atoms with van der Waals surface area (Å²) in [5.74, 6) is -1.35. The molecule has 0 heterocycles. The molecule has 24 heavy (non-hydrogen) atoms. The maximum Gasteiger partial charge on any atom is 0.340 e. The van der Waals surface area contributed by atoms with Gasteiger partial charge in [0.05, 0.1) is 10.5 Å². The number of nitrogens with one attached hydrogen (secondary N) is 1. The number of hydrogen-bond donors (Lipinski definition) is 2. The number of benzene rings is 2. The van der Waals surface area contributed by atoms with E-state index >= 15 is 0 Å². The van der Waals surface area contributed by atoms with Crippen LogP contribution in [-0.2, 0) is 9.53 Å². The Hall–Kier alpha value is -3.13. The Kier molecular flexibility index (Phi) is 5.33. The minimum atomic E-state index is -0.761. The van der Waals surface area contributed by atoms with Crippen molar-refractivity contribution in [2.75, 3.05) is 17.7 Å². The van der Waals surface area contributed by atoms with Crippen molar-refractivity contribution < 1.29 is 19.2 Å². The molecule has 0 radical (unpaired) electrons. The van der Waals surface area contributed by atoms with E-state index in [-0.39, 0.29) is 16.9 Å². The monoisotopic (exact) mass is 349 g/mol. The maximum atomic E-state index is 11.9. The Bertz CT molecular complexity index is 792. The second-order valence-electron chi connectivity index (χ2n) is 4.66. The fourth-order valence-electron chi connectivity index (χ4n) is 1.79. The Morgan fingerprint density at radius 2 is 1.88 bits per heavy atom. The lowest BCUT2D eigenvalue weighted by molar-refractivity contribution is -0.384. The minimum absolute atomic E-state index is 0.0994. The third kappa shape index (κ3) is 4.43. The number of ether oxygens (including phenoxy) is 1. The average molecular weight is 350 g/mol. The molecule has 3 N–H and O–H groups in total. The molecule has 0 fully saturated rings. The molecule has 0 spiro atoms. The van der Waals surface area contributed by atoms with Crippen molar-refractivity contribution in [3.8, 4) is 0 Å². The van der Waals surface area contributed by atoms with Gasteiger partial charge in [0.1, 0.15) is 0 Å². The van der Waals surface area contributed by atoms with Gasteiger partial charge in [-0.05, 0) is 30.3 Å². The van der Waals surface area contributed by atoms with Crippen LogP contribution in [0.15, 0.2) is 42.5 Å². The number of nitro groups is 1. The lowest BCUT2D eigenvalue weighted by atomic mass is 10.2. The van der Waals surface area contributed by atoms with Gasteiger partial charge in [-0.15, -0.1) is 0 Å². The smallest absolute Gasteiger partial charge is 0.340 e. The Balaban J connectivity index is 1.90. The average Bonchev–Trinajstić information content (AvgIpc) is 2.53. The van der Waals surface area contributed by atoms with Crippen molar-refractivity contribution in [3.63, 3.8) is 0 Å². The number of halogens is 1. The second-order valence-corrected chi connectivity index (χ2v) is 5.10. The van der Waals surface area contributed by atoms with Gasteiger partial charge in [0.15, 0.2) is 6.61 Å². The molecule has 1 amide bonds. The number of nitrogens with two attached hydrogens (primary N) is 1. The summed E-state index contributed by atoms with van der Waals surface area (Å²) in [4.78, 5) is 33.6. The van der Waals surface area contributed by atoms with Crippen LogP contribution >= 0.6 is 11.6 Å². The zero-order valence-corrected chi connectivity index (χ0v) is 12.9. The summed E-state index contributed by atoms with van der Waals surface area (Å²) < 4.78 is 4.86. The third-order valence-electron chi connectivity index (χ3n) is 2.93. The van der Waals surface area contributed by atoms with Crippen molar-refractivity contribution in [1.29, 1.82) is 0 Å². The standard InChI is InChI=1S/C15H12ClN3O5/c16-9-1-6-12(13(17)7-9)15(21)24-8-14(20)18-10-2-4-11(5-3-10)19(22)23/h1-7H,8,17H2,(H,18,20). The number of anilines is 2. The summed E-state index contributed by atoms with van der Waals surface area (Å²) in [5, 5.41) is 13.4. The van der Waals surface area contributed by atoms with Crippen LogP contribution in [0.5, 0.6) is 0 Å². The van der Waals surface area contributed by atoms with E-state index in [0.717, 1.165) is 0 Å². The number of esters is 1. The Morgan fingerprint density at radius 3 is 2.46 bits per heavy atom. The van der Waals surface area contributed by atoms with Crippen LogP contribution in [0.3, 0.4) is 0 Å². The largest absolute Gasteiger partial charge is 0.452 e. The number of nitrogens with zero attached hydrogens (tertiary/aromatic N) is 1. The van der Waals surface area contributed by atoms with E-state index in [1.54, 1.807) is 0 Å². The van der Waals surface area contributed by atoms with Crippen molar-refractivity contribution >= 4 is 40.5 Å². The van der Waals surface area contributed by atoms with Crippen LogP contribution in [0.2, 0.25) is 5.02 Å². The van der Waals surface area contributed by atoms with Gasteiger partial charge >= 0.3 is 5.97 Å². The highest BCUT2D eigenvalue weighted by molar-refractivity contribution is 6.31. The van der Waals surface area contributed by atoms with Crippen LogP contribution in [0, 0.1) is 10.1 Å². The Morgan fingerprint density at radius 1 is 1.21 bits per heavy atom. The fourth-order valence-corrected chi connectivity index (χ4v) is 1.97. The molecule has 0 saturated carbocycles. The molecule has 0 aliphatic rings. The number of rotatable bonds is 5. The van der Waals surface area contributed by atoms with Gasteiger partial charge in [-0.2, -0.15) is 0 Å². The summed E-state index contributed by atoms with van der Waals surface area (Å²) >= 11 is 5.73. The number of nitro benzene ring substituents is 1. The van der Waals surface area contributed by atoms with Crippen molar-refractivity contribution in [2.45, 2.75) is 0 Å². The summed E-state index contributed by atoms with van der Waals surface area (Å²) in [6.07, 6.45) is 0. The number of hydrogen-bond acceptors (Lipinski definition) is 6. The van der Waals surface area contributed by atoms with Gasteiger partial charge < -0.3 is 15.8 Å². The lowest BCUT2D eigenvalue weighted by Crippen LogP contribution is -2.21. The van der Waals surface area contributed by atoms with E-state index < -0.39 is 23.4 Å². The van der Waals surface area contributed by atoms with Crippen LogP contribution in [0.25, 0.3) is 0 Å². The number of amides is 1. The molecule has 0 bridgehead atoms. The first-order chi connectivity index (χ1) is 11.4. The predicted octanol–water partition coefficient (Wildman–Crippen LogP) is 2.63. The van der Waals surface area contributed by atoms with E-state index in [1.807, 2.05) is 0 Å². The molecule has 0 aliphatic carbocycles. The van der Waals surface area contributed by atoms with Crippen molar-refractivity contribution in [1.82, 2.24) is 0 Å². The van der Waals surface area contributed by atoms with Crippen molar-refractivity contribution in [2.24, 2.45) is 0 Å². The van der Waals surface area contributed by atoms with Crippen LogP contribution in [0.1, 0.15) is 10.4 Å². The van der Waals surface area contributed by atoms with Gasteiger partial charge in [-0.1, -0.05) is 11.6 Å². The van der Waals surface area contributed by atoms with E-state index in [2.05, 4.69) is 5.32 Å². The molecular weight excluding hydrogens is 338 g/mol. The molecule has 0 aliphatic heterocycles. The predicted molar refractivity (Wildman–Crippen MR) is 87.9 cm³/mol. The van der Waals surface area contributed by atoms with E-state index in [0.29, 0.717) is 10.7 Å². The van der Waals surface area contributed by atoms with Crippen LogP contribution < -0.4 is 11.1 Å². The first-order valence-corrected chi connectivity index (χ1v) is 7.01. The van der Waals surface area contributed by atoms with E-state index in [4.69, 9.17) is 22.1 Å². The number of carbonyl (C=O) groups is 2. The molecule has 0 saturated heterocycles. The molecule has 124 valence electrons. The SMILES string of the molecule is Nc1cc(Cl)ccc1C(=O)OCC(=O)Nc1ccc([N+](=O)[O-])cc1. The van der Waals surface area contributed by atoms with Gasteiger partial charge in [-0.25, -0.2) is 4.79 Å². The molecular formula is C15H12ClN3O5. The van der Waals surface area contributed by atoms with Gasteiger partial charge in [0, 0.05) is 28.5 Å². The normalized spacial score (nSPS) is 10.0. The van der Waals surface area contributed by atoms with Gasteiger partial charge in [0.2, 0.25) is 0 Å². The molecule has 9 heteroatoms. The molecule has 2 rings (SSSR count). The van der Waals surface area contributed by atoms with Gasteiger partial charge in [-0.3, -0.25) is 14.9 Å². The highest BCUT2D eigenvalue weighted by atomic mass is 35.5. The second kappa shape index (κ2) is 7.42. The summed E-state index contributed by atoms with van der Waals surface area (Å²) in [6.45, 7) is -0.530. The number of carbonyl (C=O) groups excluding carboxylic acids is 2. The van der Waals surface area contributed by atoms with E-state index in [1.165, 1.54) is 42.5 Å². The Labute approximate surface area is 141 Å². The summed E-state index contributed by atoms with van der Waals surface area (Å²) in [5.41, 5.74) is 6.13. The quantitative estimate of drug-likeness (QED) is 0.370. The molecule has 8 nitrogen and oxygen atoms in total. The first kappa shape index (κ1) is 17.2. The molecule has 2 aromatic rings. The molecule has 2 aromatic carbocycles. The number of nitrogen functional groups attached to an aromatic ring is 1. The fraction of sp³-hybridized carbons (Fsp3) is 0.0667. The highest BCUT2D eigenvalue weighted by Crippen LogP contribution is 2.19. The highest BCUT2D eigenvalue weighted by Gasteiger charge is 2.14. The minimum Gasteiger partial charge on any atom is -0.452 e. The first-order valence-electron chi connectivity index (χ1n) is 6.63. The maximum absolute atomic E-state index is 11.9. The van der Waals surface area contributed by atoms with E-state index in [9.17, 15) is 19.7 Å². The molecule has 0 unspecified atom stereocenters. The zero-order chi connectivity index (χ0) is 17.7. The van der Waals surface area contributed by atoms with Crippen molar-refractivity contribution in [3.05, 3.63) is 63.2 Å².